The number of rotatable bonds is 2. The van der Waals surface area contributed by atoms with Gasteiger partial charge in [-0.1, -0.05) is 0 Å². The second-order valence-corrected chi connectivity index (χ2v) is 3.75. The van der Waals surface area contributed by atoms with E-state index in [0.29, 0.717) is 0 Å². The Morgan fingerprint density at radius 3 is 2.59 bits per heavy atom. The van der Waals surface area contributed by atoms with Crippen molar-refractivity contribution in [2.24, 2.45) is 0 Å². The van der Waals surface area contributed by atoms with Crippen LogP contribution in [0.1, 0.15) is 6.23 Å². The predicted octanol–water partition coefficient (Wildman–Crippen LogP) is -2.85. The molecule has 8 nitrogen and oxygen atoms in total. The van der Waals surface area contributed by atoms with Crippen molar-refractivity contribution in [2.45, 2.75) is 24.5 Å². The van der Waals surface area contributed by atoms with E-state index in [4.69, 9.17) is 9.84 Å². The van der Waals surface area contributed by atoms with Gasteiger partial charge in [0.15, 0.2) is 6.23 Å². The SMILES string of the molecule is O=c1ccn([C@@H]2O[C@@H](CO)[C@@H](O)[C@H]2O)c(=O)[nH]1. The number of aromatic nitrogens is 2. The monoisotopic (exact) mass is 244 g/mol. The molecule has 2 heterocycles. The summed E-state index contributed by atoms with van der Waals surface area (Å²) in [6.07, 6.45) is -3.58. The van der Waals surface area contributed by atoms with Gasteiger partial charge in [-0.3, -0.25) is 14.3 Å². The molecule has 1 aromatic heterocycles. The van der Waals surface area contributed by atoms with Gasteiger partial charge in [0.1, 0.15) is 18.3 Å². The summed E-state index contributed by atoms with van der Waals surface area (Å²) in [7, 11) is 0. The first-order valence-electron chi connectivity index (χ1n) is 4.98. The summed E-state index contributed by atoms with van der Waals surface area (Å²) in [5.74, 6) is 0. The Hall–Kier alpha value is -1.48. The van der Waals surface area contributed by atoms with Crippen LogP contribution in [0.2, 0.25) is 0 Å². The molecule has 0 unspecified atom stereocenters. The third-order valence-electron chi connectivity index (χ3n) is 2.64. The van der Waals surface area contributed by atoms with Crippen molar-refractivity contribution >= 4 is 0 Å². The number of aliphatic hydroxyl groups excluding tert-OH is 3. The standard InChI is InChI=1S/C9H12N2O6/c12-3-4-6(14)7(15)8(17-4)11-2-1-5(13)10-9(11)16/h1-2,4,6-8,12,14-15H,3H2,(H,10,13,16)/t4-,6+,7+,8+/m0/s1. The zero-order chi connectivity index (χ0) is 12.6. The number of aromatic amines is 1. The number of aliphatic hydroxyl groups is 3. The molecular weight excluding hydrogens is 232 g/mol. The van der Waals surface area contributed by atoms with Crippen molar-refractivity contribution in [3.63, 3.8) is 0 Å². The number of hydrogen-bond donors (Lipinski definition) is 4. The van der Waals surface area contributed by atoms with Gasteiger partial charge in [0.05, 0.1) is 6.61 Å². The molecule has 0 saturated carbocycles. The van der Waals surface area contributed by atoms with Crippen LogP contribution in [0.3, 0.4) is 0 Å². The third kappa shape index (κ3) is 2.03. The van der Waals surface area contributed by atoms with Gasteiger partial charge in [0.25, 0.3) is 5.56 Å². The van der Waals surface area contributed by atoms with Gasteiger partial charge < -0.3 is 20.1 Å². The Kier molecular flexibility index (Phi) is 3.11. The van der Waals surface area contributed by atoms with Gasteiger partial charge in [0.2, 0.25) is 0 Å². The molecule has 0 aliphatic carbocycles. The van der Waals surface area contributed by atoms with E-state index in [1.807, 2.05) is 4.98 Å². The zero-order valence-corrected chi connectivity index (χ0v) is 8.68. The molecule has 94 valence electrons. The molecule has 0 radical (unpaired) electrons. The van der Waals surface area contributed by atoms with E-state index in [1.54, 1.807) is 0 Å². The van der Waals surface area contributed by atoms with E-state index in [-0.39, 0.29) is 0 Å². The van der Waals surface area contributed by atoms with Crippen LogP contribution in [0, 0.1) is 0 Å². The van der Waals surface area contributed by atoms with Crippen LogP contribution in [-0.4, -0.2) is 49.8 Å². The summed E-state index contributed by atoms with van der Waals surface area (Å²) >= 11 is 0. The highest BCUT2D eigenvalue weighted by molar-refractivity contribution is 4.92. The van der Waals surface area contributed by atoms with E-state index < -0.39 is 42.4 Å². The minimum atomic E-state index is -1.35. The minimum absolute atomic E-state index is 0.479. The van der Waals surface area contributed by atoms with E-state index in [0.717, 1.165) is 16.8 Å². The Labute approximate surface area is 94.7 Å². The smallest absolute Gasteiger partial charge is 0.330 e. The van der Waals surface area contributed by atoms with Crippen LogP contribution >= 0.6 is 0 Å². The van der Waals surface area contributed by atoms with Crippen molar-refractivity contribution in [1.82, 2.24) is 9.55 Å². The normalized spacial score (nSPS) is 32.9. The van der Waals surface area contributed by atoms with E-state index in [9.17, 15) is 19.8 Å². The first-order valence-corrected chi connectivity index (χ1v) is 4.98. The maximum atomic E-state index is 11.4. The minimum Gasteiger partial charge on any atom is -0.394 e. The Bertz CT molecular complexity index is 509. The summed E-state index contributed by atoms with van der Waals surface area (Å²) in [5.41, 5.74) is -1.33. The highest BCUT2D eigenvalue weighted by Gasteiger charge is 2.43. The van der Waals surface area contributed by atoms with Crippen molar-refractivity contribution in [1.29, 1.82) is 0 Å². The van der Waals surface area contributed by atoms with Crippen LogP contribution in [0.15, 0.2) is 21.9 Å². The van der Waals surface area contributed by atoms with Gasteiger partial charge in [-0.05, 0) is 0 Å². The van der Waals surface area contributed by atoms with Crippen LogP contribution in [0.4, 0.5) is 0 Å². The van der Waals surface area contributed by atoms with E-state index in [2.05, 4.69) is 0 Å². The zero-order valence-electron chi connectivity index (χ0n) is 8.68. The summed E-state index contributed by atoms with van der Waals surface area (Å²) in [6, 6.07) is 1.09. The highest BCUT2D eigenvalue weighted by Crippen LogP contribution is 2.27. The lowest BCUT2D eigenvalue weighted by atomic mass is 10.1. The number of nitrogens with one attached hydrogen (secondary N) is 1. The first kappa shape index (κ1) is 12.0. The summed E-state index contributed by atoms with van der Waals surface area (Å²) < 4.78 is 6.08. The number of H-pyrrole nitrogens is 1. The molecule has 0 bridgehead atoms. The van der Waals surface area contributed by atoms with Crippen LogP contribution in [0.25, 0.3) is 0 Å². The second-order valence-electron chi connectivity index (χ2n) is 3.75. The lowest BCUT2D eigenvalue weighted by Gasteiger charge is -2.16. The molecule has 17 heavy (non-hydrogen) atoms. The van der Waals surface area contributed by atoms with Gasteiger partial charge in [0, 0.05) is 12.3 Å². The van der Waals surface area contributed by atoms with Crippen molar-refractivity contribution < 1.29 is 20.1 Å². The molecule has 8 heteroatoms. The quantitative estimate of drug-likeness (QED) is 0.444. The Balaban J connectivity index is 2.35. The molecule has 1 aliphatic heterocycles. The third-order valence-corrected chi connectivity index (χ3v) is 2.64. The molecule has 4 N–H and O–H groups in total. The molecule has 1 fully saturated rings. The maximum Gasteiger partial charge on any atom is 0.330 e. The Morgan fingerprint density at radius 2 is 2.06 bits per heavy atom. The summed E-state index contributed by atoms with van der Waals surface area (Å²) in [6.45, 7) is -0.479. The van der Waals surface area contributed by atoms with Crippen molar-refractivity contribution in [3.8, 4) is 0 Å². The van der Waals surface area contributed by atoms with Gasteiger partial charge in [-0.15, -0.1) is 0 Å². The fourth-order valence-electron chi connectivity index (χ4n) is 1.74. The fraction of sp³-hybridized carbons (Fsp3) is 0.556. The average Bonchev–Trinajstić information content (AvgIpc) is 2.57. The number of ether oxygens (including phenoxy) is 1. The van der Waals surface area contributed by atoms with Gasteiger partial charge in [-0.25, -0.2) is 4.79 Å². The van der Waals surface area contributed by atoms with Gasteiger partial charge >= 0.3 is 5.69 Å². The molecule has 0 spiro atoms. The molecule has 2 rings (SSSR count). The summed E-state index contributed by atoms with van der Waals surface area (Å²) in [5, 5.41) is 28.1. The largest absolute Gasteiger partial charge is 0.394 e. The van der Waals surface area contributed by atoms with E-state index >= 15 is 0 Å². The van der Waals surface area contributed by atoms with Crippen LogP contribution < -0.4 is 11.2 Å². The number of hydrogen-bond acceptors (Lipinski definition) is 6. The molecular formula is C9H12N2O6. The second kappa shape index (κ2) is 4.41. The lowest BCUT2D eigenvalue weighted by Crippen LogP contribution is -2.37. The molecule has 1 aliphatic rings. The Morgan fingerprint density at radius 1 is 1.35 bits per heavy atom. The molecule has 1 aromatic rings. The van der Waals surface area contributed by atoms with Crippen molar-refractivity contribution in [3.05, 3.63) is 33.1 Å². The highest BCUT2D eigenvalue weighted by atomic mass is 16.6. The lowest BCUT2D eigenvalue weighted by molar-refractivity contribution is -0.0550. The van der Waals surface area contributed by atoms with Crippen LogP contribution in [-0.2, 0) is 4.74 Å². The van der Waals surface area contributed by atoms with Crippen molar-refractivity contribution in [2.75, 3.05) is 6.61 Å². The molecule has 4 atom stereocenters. The molecule has 1 saturated heterocycles. The molecule has 0 amide bonds. The average molecular weight is 244 g/mol. The predicted molar refractivity (Wildman–Crippen MR) is 54.3 cm³/mol. The van der Waals surface area contributed by atoms with Gasteiger partial charge in [-0.2, -0.15) is 0 Å². The maximum absolute atomic E-state index is 11.4. The van der Waals surface area contributed by atoms with E-state index in [1.165, 1.54) is 0 Å². The topological polar surface area (TPSA) is 125 Å². The number of nitrogens with zero attached hydrogens (tertiary/aromatic N) is 1. The summed E-state index contributed by atoms with van der Waals surface area (Å²) in [4.78, 5) is 24.3. The fourth-order valence-corrected chi connectivity index (χ4v) is 1.74. The van der Waals surface area contributed by atoms with Crippen LogP contribution in [0.5, 0.6) is 0 Å². The molecule has 0 aromatic carbocycles. The first-order chi connectivity index (χ1) is 8.04.